The quantitative estimate of drug-likeness (QED) is 0.463. The minimum Gasteiger partial charge on any atom is -0.479 e. The Labute approximate surface area is 120 Å². The van der Waals surface area contributed by atoms with Crippen LogP contribution in [-0.4, -0.2) is 23.0 Å². The Bertz CT molecular complexity index is 584. The number of nitrogens with two attached hydrogens (primary N) is 1. The zero-order valence-corrected chi connectivity index (χ0v) is 11.7. The van der Waals surface area contributed by atoms with Crippen LogP contribution in [0.5, 0.6) is 11.5 Å². The van der Waals surface area contributed by atoms with Gasteiger partial charge < -0.3 is 14.6 Å². The average molecular weight is 297 g/mol. The molecule has 0 saturated heterocycles. The summed E-state index contributed by atoms with van der Waals surface area (Å²) in [6.07, 6.45) is 0. The van der Waals surface area contributed by atoms with Gasteiger partial charge in [0.1, 0.15) is 0 Å². The van der Waals surface area contributed by atoms with Crippen LogP contribution < -0.4 is 15.4 Å². The van der Waals surface area contributed by atoms with E-state index < -0.39 is 23.5 Å². The average Bonchev–Trinajstić information content (AvgIpc) is 2.38. The Balaban J connectivity index is 3.35. The Hall–Kier alpha value is -2.45. The summed E-state index contributed by atoms with van der Waals surface area (Å²) in [7, 11) is 0. The molecule has 0 fully saturated rings. The molecular weight excluding hydrogens is 282 g/mol. The molecule has 1 aromatic rings. The number of carbonyl (C=O) groups excluding carboxylic acids is 2. The van der Waals surface area contributed by atoms with Crippen LogP contribution in [0.4, 0.5) is 0 Å². The SMILES string of the molecule is CC(=O)Oc1ccc(C(C)(ON)C(=O)O)cc1OC(C)=O. The molecule has 1 rings (SSSR count). The summed E-state index contributed by atoms with van der Waals surface area (Å²) in [5.41, 5.74) is -1.73. The lowest BCUT2D eigenvalue weighted by Gasteiger charge is -2.23. The van der Waals surface area contributed by atoms with Crippen molar-refractivity contribution < 1.29 is 33.8 Å². The maximum atomic E-state index is 11.3. The van der Waals surface area contributed by atoms with Crippen molar-refractivity contribution in [1.29, 1.82) is 0 Å². The molecule has 1 unspecified atom stereocenters. The molecule has 21 heavy (non-hydrogen) atoms. The number of ether oxygens (including phenoxy) is 2. The van der Waals surface area contributed by atoms with Gasteiger partial charge in [0.2, 0.25) is 5.60 Å². The summed E-state index contributed by atoms with van der Waals surface area (Å²) < 4.78 is 9.77. The van der Waals surface area contributed by atoms with Crippen molar-refractivity contribution in [3.05, 3.63) is 23.8 Å². The van der Waals surface area contributed by atoms with Crippen LogP contribution >= 0.6 is 0 Å². The van der Waals surface area contributed by atoms with Gasteiger partial charge in [-0.05, 0) is 19.1 Å². The zero-order chi connectivity index (χ0) is 16.2. The molecule has 0 aliphatic carbocycles. The highest BCUT2D eigenvalue weighted by atomic mass is 16.6. The number of carboxylic acids is 1. The summed E-state index contributed by atoms with van der Waals surface area (Å²) >= 11 is 0. The van der Waals surface area contributed by atoms with Gasteiger partial charge in [0, 0.05) is 19.4 Å². The van der Waals surface area contributed by atoms with Crippen LogP contribution in [0.1, 0.15) is 26.3 Å². The number of hydrogen-bond acceptors (Lipinski definition) is 7. The summed E-state index contributed by atoms with van der Waals surface area (Å²) in [6.45, 7) is 3.56. The first kappa shape index (κ1) is 16.6. The van der Waals surface area contributed by atoms with Crippen molar-refractivity contribution in [2.45, 2.75) is 26.4 Å². The van der Waals surface area contributed by atoms with Gasteiger partial charge in [0.15, 0.2) is 11.5 Å². The third-order valence-electron chi connectivity index (χ3n) is 2.65. The number of hydrogen-bond donors (Lipinski definition) is 2. The predicted molar refractivity (Wildman–Crippen MR) is 69.3 cm³/mol. The molecule has 1 atom stereocenters. The highest BCUT2D eigenvalue weighted by Crippen LogP contribution is 2.34. The smallest absolute Gasteiger partial charge is 0.342 e. The summed E-state index contributed by atoms with van der Waals surface area (Å²) in [4.78, 5) is 37.8. The number of rotatable bonds is 5. The number of aliphatic carboxylic acids is 1. The van der Waals surface area contributed by atoms with E-state index in [0.29, 0.717) is 0 Å². The third-order valence-corrected chi connectivity index (χ3v) is 2.65. The second kappa shape index (κ2) is 6.33. The third kappa shape index (κ3) is 3.77. The first-order valence-corrected chi connectivity index (χ1v) is 5.83. The second-order valence-electron chi connectivity index (χ2n) is 4.31. The lowest BCUT2D eigenvalue weighted by molar-refractivity contribution is -0.166. The normalized spacial score (nSPS) is 13.1. The molecule has 0 spiro atoms. The van der Waals surface area contributed by atoms with E-state index in [1.807, 2.05) is 0 Å². The van der Waals surface area contributed by atoms with E-state index in [1.165, 1.54) is 32.0 Å². The summed E-state index contributed by atoms with van der Waals surface area (Å²) in [5.74, 6) is 2.29. The van der Waals surface area contributed by atoms with E-state index >= 15 is 0 Å². The van der Waals surface area contributed by atoms with Crippen LogP contribution in [0.3, 0.4) is 0 Å². The lowest BCUT2D eigenvalue weighted by atomic mass is 9.95. The molecule has 0 saturated carbocycles. The largest absolute Gasteiger partial charge is 0.479 e. The molecule has 0 radical (unpaired) electrons. The van der Waals surface area contributed by atoms with Crippen LogP contribution in [0.15, 0.2) is 18.2 Å². The lowest BCUT2D eigenvalue weighted by Crippen LogP contribution is -2.38. The van der Waals surface area contributed by atoms with E-state index in [9.17, 15) is 19.5 Å². The Morgan fingerprint density at radius 1 is 1.10 bits per heavy atom. The van der Waals surface area contributed by atoms with E-state index in [4.69, 9.17) is 15.4 Å². The minimum atomic E-state index is -1.84. The predicted octanol–water partition coefficient (Wildman–Crippen LogP) is 0.727. The second-order valence-corrected chi connectivity index (χ2v) is 4.31. The van der Waals surface area contributed by atoms with E-state index in [0.717, 1.165) is 6.92 Å². The van der Waals surface area contributed by atoms with Crippen LogP contribution in [0, 0.1) is 0 Å². The fraction of sp³-hybridized carbons (Fsp3) is 0.308. The van der Waals surface area contributed by atoms with E-state index in [1.54, 1.807) is 0 Å². The van der Waals surface area contributed by atoms with Crippen molar-refractivity contribution in [2.75, 3.05) is 0 Å². The monoisotopic (exact) mass is 297 g/mol. The van der Waals surface area contributed by atoms with Gasteiger partial charge in [-0.25, -0.2) is 10.7 Å². The van der Waals surface area contributed by atoms with Crippen LogP contribution in [0.25, 0.3) is 0 Å². The first-order valence-electron chi connectivity index (χ1n) is 5.83. The zero-order valence-electron chi connectivity index (χ0n) is 11.7. The highest BCUT2D eigenvalue weighted by Gasteiger charge is 2.37. The minimum absolute atomic E-state index is 0.0220. The molecule has 0 bridgehead atoms. The fourth-order valence-corrected chi connectivity index (χ4v) is 1.52. The molecular formula is C13H15NO7. The van der Waals surface area contributed by atoms with Crippen LogP contribution in [0.2, 0.25) is 0 Å². The van der Waals surface area contributed by atoms with E-state index in [-0.39, 0.29) is 17.1 Å². The fourth-order valence-electron chi connectivity index (χ4n) is 1.52. The number of carbonyl (C=O) groups is 3. The molecule has 8 heteroatoms. The van der Waals surface area contributed by atoms with E-state index in [2.05, 4.69) is 4.84 Å². The molecule has 0 amide bonds. The van der Waals surface area contributed by atoms with Crippen molar-refractivity contribution in [1.82, 2.24) is 0 Å². The van der Waals surface area contributed by atoms with Crippen molar-refractivity contribution in [2.24, 2.45) is 5.90 Å². The van der Waals surface area contributed by atoms with Gasteiger partial charge in [0.05, 0.1) is 0 Å². The molecule has 0 aliphatic heterocycles. The standard InChI is InChI=1S/C13H15NO7/c1-7(15)19-10-5-4-9(6-11(10)20-8(2)16)13(3,21-14)12(17)18/h4-6H,14H2,1-3H3,(H,17,18). The van der Waals surface area contributed by atoms with Gasteiger partial charge in [-0.2, -0.15) is 0 Å². The van der Waals surface area contributed by atoms with Gasteiger partial charge >= 0.3 is 17.9 Å². The van der Waals surface area contributed by atoms with Crippen molar-refractivity contribution >= 4 is 17.9 Å². The molecule has 8 nitrogen and oxygen atoms in total. The molecule has 114 valence electrons. The summed E-state index contributed by atoms with van der Waals surface area (Å²) in [5, 5.41) is 9.18. The number of benzene rings is 1. The number of esters is 2. The molecule has 3 N–H and O–H groups in total. The van der Waals surface area contributed by atoms with Gasteiger partial charge in [-0.1, -0.05) is 6.07 Å². The Morgan fingerprint density at radius 3 is 2.05 bits per heavy atom. The van der Waals surface area contributed by atoms with Gasteiger partial charge in [0.25, 0.3) is 0 Å². The number of carboxylic acid groups (broad SMARTS) is 1. The Morgan fingerprint density at radius 2 is 1.62 bits per heavy atom. The topological polar surface area (TPSA) is 125 Å². The van der Waals surface area contributed by atoms with Crippen LogP contribution in [-0.2, 0) is 24.8 Å². The maximum Gasteiger partial charge on any atom is 0.342 e. The van der Waals surface area contributed by atoms with Crippen molar-refractivity contribution in [3.63, 3.8) is 0 Å². The molecule has 0 heterocycles. The van der Waals surface area contributed by atoms with Gasteiger partial charge in [-0.3, -0.25) is 14.4 Å². The molecule has 0 aliphatic rings. The molecule has 0 aromatic heterocycles. The van der Waals surface area contributed by atoms with Gasteiger partial charge in [-0.15, -0.1) is 0 Å². The summed E-state index contributed by atoms with van der Waals surface area (Å²) in [6, 6.07) is 3.84. The highest BCUT2D eigenvalue weighted by molar-refractivity contribution is 5.80. The molecule has 1 aromatic carbocycles. The Kier molecular flexibility index (Phi) is 5.01. The van der Waals surface area contributed by atoms with Crippen molar-refractivity contribution in [3.8, 4) is 11.5 Å². The first-order chi connectivity index (χ1) is 9.70. The maximum absolute atomic E-state index is 11.3.